The Kier molecular flexibility index (Phi) is 5.85. The number of nitrogens with zero attached hydrogens (tertiary/aromatic N) is 3. The van der Waals surface area contributed by atoms with Crippen LogP contribution in [0.5, 0.6) is 0 Å². The van der Waals surface area contributed by atoms with Gasteiger partial charge in [-0.15, -0.1) is 5.10 Å². The van der Waals surface area contributed by atoms with Gasteiger partial charge in [0.1, 0.15) is 12.2 Å². The van der Waals surface area contributed by atoms with Crippen LogP contribution in [-0.2, 0) is 35.5 Å². The van der Waals surface area contributed by atoms with E-state index < -0.39 is 5.97 Å². The van der Waals surface area contributed by atoms with Crippen LogP contribution in [0, 0.1) is 0 Å². The van der Waals surface area contributed by atoms with Crippen molar-refractivity contribution < 1.29 is 14.7 Å². The SMILES string of the molecule is CCc1ccc(CCC(=O)NCc2cn(CC(=O)O)nn2)cc1. The minimum atomic E-state index is -0.987. The van der Waals surface area contributed by atoms with E-state index in [2.05, 4.69) is 34.7 Å². The second kappa shape index (κ2) is 8.07. The molecule has 0 spiro atoms. The number of aromatic nitrogens is 3. The van der Waals surface area contributed by atoms with E-state index in [-0.39, 0.29) is 19.0 Å². The van der Waals surface area contributed by atoms with Gasteiger partial charge in [0.05, 0.1) is 12.7 Å². The molecule has 0 bridgehead atoms. The number of carboxylic acids is 1. The van der Waals surface area contributed by atoms with Crippen LogP contribution < -0.4 is 5.32 Å². The molecule has 23 heavy (non-hydrogen) atoms. The molecule has 122 valence electrons. The van der Waals surface area contributed by atoms with Gasteiger partial charge in [-0.1, -0.05) is 36.4 Å². The Balaban J connectivity index is 1.74. The largest absolute Gasteiger partial charge is 0.480 e. The van der Waals surface area contributed by atoms with Gasteiger partial charge in [0.15, 0.2) is 0 Å². The molecule has 0 aliphatic rings. The van der Waals surface area contributed by atoms with Gasteiger partial charge in [-0.3, -0.25) is 9.59 Å². The van der Waals surface area contributed by atoms with Crippen LogP contribution in [0.4, 0.5) is 0 Å². The van der Waals surface area contributed by atoms with E-state index in [0.717, 1.165) is 12.0 Å². The summed E-state index contributed by atoms with van der Waals surface area (Å²) in [5.41, 5.74) is 2.94. The maximum Gasteiger partial charge on any atom is 0.325 e. The average molecular weight is 316 g/mol. The Morgan fingerprint density at radius 1 is 1.22 bits per heavy atom. The number of benzene rings is 1. The van der Waals surface area contributed by atoms with Crippen molar-refractivity contribution in [2.45, 2.75) is 39.3 Å². The lowest BCUT2D eigenvalue weighted by molar-refractivity contribution is -0.138. The van der Waals surface area contributed by atoms with Crippen LogP contribution in [0.25, 0.3) is 0 Å². The zero-order valence-electron chi connectivity index (χ0n) is 13.0. The van der Waals surface area contributed by atoms with Crippen LogP contribution in [0.2, 0.25) is 0 Å². The summed E-state index contributed by atoms with van der Waals surface area (Å²) < 4.78 is 1.22. The highest BCUT2D eigenvalue weighted by Gasteiger charge is 2.07. The number of carbonyl (C=O) groups excluding carboxylic acids is 1. The van der Waals surface area contributed by atoms with Crippen molar-refractivity contribution in [1.29, 1.82) is 0 Å². The second-order valence-electron chi connectivity index (χ2n) is 5.25. The first-order valence-electron chi connectivity index (χ1n) is 7.52. The minimum absolute atomic E-state index is 0.0719. The van der Waals surface area contributed by atoms with Crippen molar-refractivity contribution in [3.05, 3.63) is 47.3 Å². The van der Waals surface area contributed by atoms with Crippen LogP contribution in [0.15, 0.2) is 30.5 Å². The van der Waals surface area contributed by atoms with Gasteiger partial charge >= 0.3 is 5.97 Å². The highest BCUT2D eigenvalue weighted by atomic mass is 16.4. The zero-order valence-corrected chi connectivity index (χ0v) is 13.0. The topological polar surface area (TPSA) is 97.1 Å². The summed E-state index contributed by atoms with van der Waals surface area (Å²) in [6, 6.07) is 8.25. The summed E-state index contributed by atoms with van der Waals surface area (Å²) in [5.74, 6) is -1.06. The van der Waals surface area contributed by atoms with Crippen LogP contribution in [0.3, 0.4) is 0 Å². The maximum absolute atomic E-state index is 11.8. The highest BCUT2D eigenvalue weighted by molar-refractivity contribution is 5.76. The van der Waals surface area contributed by atoms with E-state index in [9.17, 15) is 9.59 Å². The van der Waals surface area contributed by atoms with Crippen molar-refractivity contribution in [2.24, 2.45) is 0 Å². The van der Waals surface area contributed by atoms with Crippen molar-refractivity contribution in [2.75, 3.05) is 0 Å². The molecule has 0 saturated carbocycles. The van der Waals surface area contributed by atoms with Crippen LogP contribution in [-0.4, -0.2) is 32.0 Å². The molecule has 2 aromatic rings. The van der Waals surface area contributed by atoms with Crippen molar-refractivity contribution in [1.82, 2.24) is 20.3 Å². The summed E-state index contributed by atoms with van der Waals surface area (Å²) in [6.07, 6.45) is 3.59. The van der Waals surface area contributed by atoms with Gasteiger partial charge in [-0.25, -0.2) is 4.68 Å². The fraction of sp³-hybridized carbons (Fsp3) is 0.375. The predicted molar refractivity (Wildman–Crippen MR) is 83.6 cm³/mol. The highest BCUT2D eigenvalue weighted by Crippen LogP contribution is 2.07. The number of carboxylic acid groups (broad SMARTS) is 1. The van der Waals surface area contributed by atoms with Gasteiger partial charge in [-0.05, 0) is 24.0 Å². The Labute approximate surface area is 134 Å². The Morgan fingerprint density at radius 2 is 1.91 bits per heavy atom. The van der Waals surface area contributed by atoms with E-state index in [0.29, 0.717) is 18.5 Å². The molecule has 7 heteroatoms. The lowest BCUT2D eigenvalue weighted by Crippen LogP contribution is -2.23. The quantitative estimate of drug-likeness (QED) is 0.762. The first kappa shape index (κ1) is 16.7. The Bertz CT molecular complexity index is 664. The number of aliphatic carboxylic acids is 1. The standard InChI is InChI=1S/C16H20N4O3/c1-2-12-3-5-13(6-4-12)7-8-15(21)17-9-14-10-20(19-18-14)11-16(22)23/h3-6,10H,2,7-9,11H2,1H3,(H,17,21)(H,22,23). The molecular weight excluding hydrogens is 296 g/mol. The summed E-state index contributed by atoms with van der Waals surface area (Å²) >= 11 is 0. The molecule has 1 aromatic carbocycles. The van der Waals surface area contributed by atoms with Gasteiger partial charge < -0.3 is 10.4 Å². The van der Waals surface area contributed by atoms with Gasteiger partial charge in [0.25, 0.3) is 0 Å². The lowest BCUT2D eigenvalue weighted by Gasteiger charge is -2.04. The fourth-order valence-electron chi connectivity index (χ4n) is 2.11. The number of rotatable bonds is 8. The van der Waals surface area contributed by atoms with Crippen molar-refractivity contribution in [3.8, 4) is 0 Å². The van der Waals surface area contributed by atoms with E-state index in [4.69, 9.17) is 5.11 Å². The zero-order chi connectivity index (χ0) is 16.7. The van der Waals surface area contributed by atoms with Crippen LogP contribution in [0.1, 0.15) is 30.2 Å². The molecule has 0 atom stereocenters. The second-order valence-corrected chi connectivity index (χ2v) is 5.25. The molecule has 0 aliphatic carbocycles. The van der Waals surface area contributed by atoms with E-state index in [1.807, 2.05) is 12.1 Å². The van der Waals surface area contributed by atoms with Gasteiger partial charge in [0, 0.05) is 6.42 Å². The van der Waals surface area contributed by atoms with E-state index in [1.54, 1.807) is 0 Å². The third-order valence-corrected chi connectivity index (χ3v) is 3.42. The molecule has 7 nitrogen and oxygen atoms in total. The minimum Gasteiger partial charge on any atom is -0.480 e. The first-order valence-corrected chi connectivity index (χ1v) is 7.52. The molecule has 0 fully saturated rings. The number of amides is 1. The summed E-state index contributed by atoms with van der Waals surface area (Å²) in [6.45, 7) is 2.11. The van der Waals surface area contributed by atoms with Crippen molar-refractivity contribution >= 4 is 11.9 Å². The number of nitrogens with one attached hydrogen (secondary N) is 1. The van der Waals surface area contributed by atoms with Gasteiger partial charge in [-0.2, -0.15) is 0 Å². The summed E-state index contributed by atoms with van der Waals surface area (Å²) in [7, 11) is 0. The van der Waals surface area contributed by atoms with E-state index >= 15 is 0 Å². The third-order valence-electron chi connectivity index (χ3n) is 3.42. The summed E-state index contributed by atoms with van der Waals surface area (Å²) in [5, 5.41) is 18.9. The van der Waals surface area contributed by atoms with Gasteiger partial charge in [0.2, 0.25) is 5.91 Å². The maximum atomic E-state index is 11.8. The lowest BCUT2D eigenvalue weighted by atomic mass is 10.1. The molecule has 0 radical (unpaired) electrons. The number of carbonyl (C=O) groups is 2. The van der Waals surface area contributed by atoms with Crippen molar-refractivity contribution in [3.63, 3.8) is 0 Å². The number of hydrogen-bond donors (Lipinski definition) is 2. The molecule has 2 N–H and O–H groups in total. The third kappa shape index (κ3) is 5.54. The molecule has 1 heterocycles. The molecule has 1 amide bonds. The van der Waals surface area contributed by atoms with E-state index in [1.165, 1.54) is 16.4 Å². The number of hydrogen-bond acceptors (Lipinski definition) is 4. The summed E-state index contributed by atoms with van der Waals surface area (Å²) in [4.78, 5) is 22.4. The number of aryl methyl sites for hydroxylation is 2. The smallest absolute Gasteiger partial charge is 0.325 e. The predicted octanol–water partition coefficient (Wildman–Crippen LogP) is 1.17. The molecule has 1 aromatic heterocycles. The molecule has 2 rings (SSSR count). The first-order chi connectivity index (χ1) is 11.1. The molecular formula is C16H20N4O3. The fourth-order valence-corrected chi connectivity index (χ4v) is 2.11. The molecule has 0 saturated heterocycles. The Hall–Kier alpha value is -2.70. The average Bonchev–Trinajstić information content (AvgIpc) is 2.98. The molecule has 0 aliphatic heterocycles. The van der Waals surface area contributed by atoms with Crippen LogP contribution >= 0.6 is 0 Å². The monoisotopic (exact) mass is 316 g/mol. The Morgan fingerprint density at radius 3 is 2.57 bits per heavy atom. The molecule has 0 unspecified atom stereocenters. The normalized spacial score (nSPS) is 10.5.